The average Bonchev–Trinajstić information content (AvgIpc) is 2.96. The summed E-state index contributed by atoms with van der Waals surface area (Å²) in [6.45, 7) is 0. The van der Waals surface area contributed by atoms with E-state index in [2.05, 4.69) is 0 Å². The van der Waals surface area contributed by atoms with Crippen LogP contribution >= 0.6 is 11.6 Å². The normalized spacial score (nSPS) is 14.8. The Hall–Kier alpha value is -2.25. The summed E-state index contributed by atoms with van der Waals surface area (Å²) in [5.74, 6) is 0. The summed E-state index contributed by atoms with van der Waals surface area (Å²) in [4.78, 5) is 0. The highest BCUT2D eigenvalue weighted by molar-refractivity contribution is 6.31. The molecule has 1 heterocycles. The van der Waals surface area contributed by atoms with E-state index in [1.54, 1.807) is 24.3 Å². The molecule has 1 nitrogen and oxygen atoms in total. The van der Waals surface area contributed by atoms with Gasteiger partial charge in [0.25, 0.3) is 0 Å². The van der Waals surface area contributed by atoms with Gasteiger partial charge in [0.1, 0.15) is 11.2 Å². The quantitative estimate of drug-likeness (QED) is 0.423. The van der Waals surface area contributed by atoms with Crippen molar-refractivity contribution in [2.24, 2.45) is 0 Å². The number of benzene rings is 3. The highest BCUT2D eigenvalue weighted by Crippen LogP contribution is 2.36. The smallest absolute Gasteiger partial charge is 0.143 e. The molecule has 0 fully saturated rings. The fraction of sp³-hybridized carbons (Fsp3) is 0. The van der Waals surface area contributed by atoms with Gasteiger partial charge in [-0.2, -0.15) is 0 Å². The Bertz CT molecular complexity index is 1140. The van der Waals surface area contributed by atoms with Crippen LogP contribution in [-0.4, -0.2) is 0 Å². The molecule has 0 aliphatic carbocycles. The summed E-state index contributed by atoms with van der Waals surface area (Å²) in [5.41, 5.74) is 1.64. The van der Waals surface area contributed by atoms with E-state index in [1.165, 1.54) is 0 Å². The first-order valence-corrected chi connectivity index (χ1v) is 6.46. The van der Waals surface area contributed by atoms with Crippen LogP contribution < -0.4 is 0 Å². The van der Waals surface area contributed by atoms with Crippen LogP contribution in [0, 0.1) is 0 Å². The number of halogens is 1. The van der Waals surface area contributed by atoms with Crippen molar-refractivity contribution in [3.63, 3.8) is 0 Å². The number of hydrogen-bond acceptors (Lipinski definition) is 1. The van der Waals surface area contributed by atoms with Gasteiger partial charge in [-0.15, -0.1) is 0 Å². The molecule has 0 unspecified atom stereocenters. The Labute approximate surface area is 128 Å². The number of para-hydroxylation sites is 1. The van der Waals surface area contributed by atoms with Crippen molar-refractivity contribution >= 4 is 33.5 Å². The molecular weight excluding hydrogens is 268 g/mol. The molecule has 4 aromatic rings. The van der Waals surface area contributed by atoms with E-state index in [0.717, 1.165) is 10.8 Å². The lowest BCUT2D eigenvalue weighted by atomic mass is 10.0. The lowest BCUT2D eigenvalue weighted by molar-refractivity contribution is 0.670. The standard InChI is InChI=1S/C18H11ClO/c19-13-9-10-15-16-8-4-7-14(12-5-2-1-3-6-12)18(16)20-17(15)11-13/h1-11H/i1D,2D,3D,5D,6D. The van der Waals surface area contributed by atoms with Gasteiger partial charge in [-0.1, -0.05) is 60.0 Å². The predicted molar refractivity (Wildman–Crippen MR) is 84.2 cm³/mol. The van der Waals surface area contributed by atoms with Gasteiger partial charge in [0, 0.05) is 27.4 Å². The van der Waals surface area contributed by atoms with Crippen molar-refractivity contribution in [1.29, 1.82) is 0 Å². The molecule has 0 aliphatic rings. The Morgan fingerprint density at radius 1 is 0.950 bits per heavy atom. The van der Waals surface area contributed by atoms with E-state index in [9.17, 15) is 0 Å². The van der Waals surface area contributed by atoms with E-state index in [0.29, 0.717) is 21.8 Å². The molecule has 0 bridgehead atoms. The molecule has 0 N–H and O–H groups in total. The van der Waals surface area contributed by atoms with E-state index < -0.39 is 6.04 Å². The maximum Gasteiger partial charge on any atom is 0.143 e. The van der Waals surface area contributed by atoms with E-state index in [1.807, 2.05) is 12.1 Å². The zero-order chi connectivity index (χ0) is 17.9. The van der Waals surface area contributed by atoms with Gasteiger partial charge in [0.15, 0.2) is 0 Å². The largest absolute Gasteiger partial charge is 0.455 e. The third-order valence-electron chi connectivity index (χ3n) is 3.23. The highest BCUT2D eigenvalue weighted by Gasteiger charge is 2.11. The lowest BCUT2D eigenvalue weighted by Crippen LogP contribution is -1.77. The SMILES string of the molecule is [2H]c1c([2H])c([2H])c(-c2cccc3c2oc2cc(Cl)ccc23)c([2H])c1[2H]. The minimum absolute atomic E-state index is 0.127. The first kappa shape index (κ1) is 7.51. The Balaban J connectivity index is 2.14. The van der Waals surface area contributed by atoms with Gasteiger partial charge in [-0.3, -0.25) is 0 Å². The molecule has 2 heteroatoms. The minimum Gasteiger partial charge on any atom is -0.455 e. The summed E-state index contributed by atoms with van der Waals surface area (Å²) in [7, 11) is 0. The summed E-state index contributed by atoms with van der Waals surface area (Å²) in [5, 5.41) is 2.19. The second kappa shape index (κ2) is 4.39. The summed E-state index contributed by atoms with van der Waals surface area (Å²) in [6, 6.07) is 8.99. The second-order valence-corrected chi connectivity index (χ2v) is 4.86. The average molecular weight is 284 g/mol. The van der Waals surface area contributed by atoms with Crippen LogP contribution in [0.25, 0.3) is 33.1 Å². The Morgan fingerprint density at radius 3 is 2.65 bits per heavy atom. The van der Waals surface area contributed by atoms with Crippen molar-refractivity contribution < 1.29 is 11.3 Å². The fourth-order valence-corrected chi connectivity index (χ4v) is 2.52. The van der Waals surface area contributed by atoms with Crippen LogP contribution in [0.4, 0.5) is 0 Å². The van der Waals surface area contributed by atoms with Gasteiger partial charge in [0.2, 0.25) is 0 Å². The van der Waals surface area contributed by atoms with Crippen molar-refractivity contribution in [2.75, 3.05) is 0 Å². The molecule has 0 amide bonds. The van der Waals surface area contributed by atoms with E-state index >= 15 is 0 Å². The van der Waals surface area contributed by atoms with E-state index in [4.69, 9.17) is 22.9 Å². The maximum atomic E-state index is 8.18. The van der Waals surface area contributed by atoms with E-state index in [-0.39, 0.29) is 29.7 Å². The molecule has 96 valence electrons. The lowest BCUT2D eigenvalue weighted by Gasteiger charge is -2.01. The third-order valence-corrected chi connectivity index (χ3v) is 3.47. The summed E-state index contributed by atoms with van der Waals surface area (Å²) < 4.78 is 45.8. The first-order chi connectivity index (χ1) is 11.9. The Morgan fingerprint density at radius 2 is 1.80 bits per heavy atom. The van der Waals surface area contributed by atoms with Gasteiger partial charge < -0.3 is 4.42 Å². The molecule has 0 atom stereocenters. The van der Waals surface area contributed by atoms with Gasteiger partial charge >= 0.3 is 0 Å². The molecule has 3 aromatic carbocycles. The third kappa shape index (κ3) is 1.71. The summed E-state index contributed by atoms with van der Waals surface area (Å²) in [6.07, 6.45) is 0. The van der Waals surface area contributed by atoms with Crippen LogP contribution in [0.5, 0.6) is 0 Å². The van der Waals surface area contributed by atoms with Crippen molar-refractivity contribution in [3.05, 3.63) is 71.6 Å². The molecule has 0 radical (unpaired) electrons. The molecule has 0 spiro atoms. The van der Waals surface area contributed by atoms with Gasteiger partial charge in [0.05, 0.1) is 6.85 Å². The maximum absolute atomic E-state index is 8.18. The molecule has 0 saturated carbocycles. The molecular formula is C18H11ClO. The highest BCUT2D eigenvalue weighted by atomic mass is 35.5. The first-order valence-electron chi connectivity index (χ1n) is 8.58. The van der Waals surface area contributed by atoms with Crippen LogP contribution in [0.15, 0.2) is 71.0 Å². The summed E-state index contributed by atoms with van der Waals surface area (Å²) >= 11 is 6.02. The number of rotatable bonds is 1. The zero-order valence-corrected chi connectivity index (χ0v) is 11.0. The molecule has 1 aromatic heterocycles. The second-order valence-electron chi connectivity index (χ2n) is 4.42. The van der Waals surface area contributed by atoms with Gasteiger partial charge in [-0.05, 0) is 17.7 Å². The monoisotopic (exact) mass is 283 g/mol. The molecule has 0 aliphatic heterocycles. The van der Waals surface area contributed by atoms with Gasteiger partial charge in [-0.25, -0.2) is 0 Å². The fourth-order valence-electron chi connectivity index (χ4n) is 2.35. The predicted octanol–water partition coefficient (Wildman–Crippen LogP) is 5.91. The Kier molecular flexibility index (Phi) is 1.65. The van der Waals surface area contributed by atoms with Crippen LogP contribution in [0.1, 0.15) is 6.85 Å². The number of hydrogen-bond donors (Lipinski definition) is 0. The van der Waals surface area contributed by atoms with Crippen LogP contribution in [0.2, 0.25) is 5.02 Å². The minimum atomic E-state index is -0.415. The molecule has 4 rings (SSSR count). The van der Waals surface area contributed by atoms with Crippen molar-refractivity contribution in [3.8, 4) is 11.1 Å². The number of furan rings is 1. The topological polar surface area (TPSA) is 13.1 Å². The van der Waals surface area contributed by atoms with Crippen molar-refractivity contribution in [1.82, 2.24) is 0 Å². The number of fused-ring (bicyclic) bond motifs is 3. The molecule has 0 saturated heterocycles. The van der Waals surface area contributed by atoms with Crippen LogP contribution in [0.3, 0.4) is 0 Å². The van der Waals surface area contributed by atoms with Crippen LogP contribution in [-0.2, 0) is 0 Å². The zero-order valence-electron chi connectivity index (χ0n) is 15.3. The van der Waals surface area contributed by atoms with Crippen molar-refractivity contribution in [2.45, 2.75) is 0 Å². The molecule has 20 heavy (non-hydrogen) atoms.